The lowest BCUT2D eigenvalue weighted by Crippen LogP contribution is -2.07. The van der Waals surface area contributed by atoms with Crippen LogP contribution >= 0.6 is 0 Å². The Kier molecular flexibility index (Phi) is 6.43. The van der Waals surface area contributed by atoms with E-state index in [1.54, 1.807) is 7.11 Å². The highest BCUT2D eigenvalue weighted by Gasteiger charge is 2.05. The molecule has 0 amide bonds. The van der Waals surface area contributed by atoms with Crippen LogP contribution in [0.15, 0.2) is 18.2 Å². The quantitative estimate of drug-likeness (QED) is 0.700. The van der Waals surface area contributed by atoms with Crippen molar-refractivity contribution in [3.8, 4) is 11.5 Å². The molecule has 4 heteroatoms. The van der Waals surface area contributed by atoms with Crippen LogP contribution in [0.2, 0.25) is 0 Å². The first-order valence-electron chi connectivity index (χ1n) is 5.89. The van der Waals surface area contributed by atoms with Crippen molar-refractivity contribution in [1.82, 2.24) is 0 Å². The highest BCUT2D eigenvalue weighted by Crippen LogP contribution is 2.28. The standard InChI is InChI=1S/C13H21NO3/c1-3-16-8-9-17-12-5-4-11(6-7-14)10-13(12)15-2/h4-5,10H,3,6-9,14H2,1-2H3. The summed E-state index contributed by atoms with van der Waals surface area (Å²) in [4.78, 5) is 0. The van der Waals surface area contributed by atoms with Gasteiger partial charge in [-0.25, -0.2) is 0 Å². The molecule has 0 radical (unpaired) electrons. The molecule has 0 aromatic heterocycles. The molecule has 96 valence electrons. The van der Waals surface area contributed by atoms with E-state index in [1.807, 2.05) is 25.1 Å². The third kappa shape index (κ3) is 4.63. The number of rotatable bonds is 8. The Morgan fingerprint density at radius 1 is 1.18 bits per heavy atom. The minimum atomic E-state index is 0.528. The molecule has 17 heavy (non-hydrogen) atoms. The number of nitrogens with two attached hydrogens (primary N) is 1. The van der Waals surface area contributed by atoms with E-state index in [0.29, 0.717) is 26.4 Å². The number of methoxy groups -OCH3 is 1. The maximum Gasteiger partial charge on any atom is 0.161 e. The molecule has 1 aromatic rings. The van der Waals surface area contributed by atoms with Gasteiger partial charge in [-0.05, 0) is 37.6 Å². The molecule has 0 aliphatic rings. The average Bonchev–Trinajstić information content (AvgIpc) is 2.36. The van der Waals surface area contributed by atoms with E-state index in [9.17, 15) is 0 Å². The predicted octanol–water partition coefficient (Wildman–Crippen LogP) is 1.61. The third-order valence-electron chi connectivity index (χ3n) is 2.35. The number of ether oxygens (including phenoxy) is 3. The highest BCUT2D eigenvalue weighted by atomic mass is 16.5. The molecule has 0 spiro atoms. The Morgan fingerprint density at radius 3 is 2.65 bits per heavy atom. The van der Waals surface area contributed by atoms with Gasteiger partial charge in [0.2, 0.25) is 0 Å². The maximum absolute atomic E-state index is 5.58. The summed E-state index contributed by atoms with van der Waals surface area (Å²) in [6, 6.07) is 5.88. The molecule has 1 aromatic carbocycles. The Hall–Kier alpha value is -1.26. The van der Waals surface area contributed by atoms with Crippen LogP contribution in [0.3, 0.4) is 0 Å². The Balaban J connectivity index is 2.58. The van der Waals surface area contributed by atoms with E-state index in [2.05, 4.69) is 0 Å². The Labute approximate surface area is 103 Å². The van der Waals surface area contributed by atoms with Crippen molar-refractivity contribution in [3.63, 3.8) is 0 Å². The van der Waals surface area contributed by atoms with Gasteiger partial charge in [0.05, 0.1) is 13.7 Å². The fourth-order valence-corrected chi connectivity index (χ4v) is 1.51. The van der Waals surface area contributed by atoms with E-state index in [0.717, 1.165) is 23.5 Å². The fraction of sp³-hybridized carbons (Fsp3) is 0.538. The van der Waals surface area contributed by atoms with Crippen LogP contribution in [0.5, 0.6) is 11.5 Å². The largest absolute Gasteiger partial charge is 0.493 e. The van der Waals surface area contributed by atoms with Gasteiger partial charge in [0.25, 0.3) is 0 Å². The summed E-state index contributed by atoms with van der Waals surface area (Å²) >= 11 is 0. The summed E-state index contributed by atoms with van der Waals surface area (Å²) in [6.45, 7) is 4.41. The fourth-order valence-electron chi connectivity index (χ4n) is 1.51. The summed E-state index contributed by atoms with van der Waals surface area (Å²) in [5.74, 6) is 1.49. The Morgan fingerprint density at radius 2 is 2.00 bits per heavy atom. The molecule has 0 bridgehead atoms. The van der Waals surface area contributed by atoms with Gasteiger partial charge in [-0.15, -0.1) is 0 Å². The maximum atomic E-state index is 5.58. The SMILES string of the molecule is CCOCCOc1ccc(CCN)cc1OC. The second-order valence-corrected chi connectivity index (χ2v) is 3.57. The number of hydrogen-bond acceptors (Lipinski definition) is 4. The second kappa shape index (κ2) is 7.92. The summed E-state index contributed by atoms with van der Waals surface area (Å²) in [7, 11) is 1.64. The molecule has 0 aliphatic carbocycles. The van der Waals surface area contributed by atoms with E-state index >= 15 is 0 Å². The zero-order chi connectivity index (χ0) is 12.5. The van der Waals surface area contributed by atoms with E-state index < -0.39 is 0 Å². The molecule has 0 aliphatic heterocycles. The molecular weight excluding hydrogens is 218 g/mol. The van der Waals surface area contributed by atoms with Gasteiger partial charge in [-0.2, -0.15) is 0 Å². The van der Waals surface area contributed by atoms with Crippen LogP contribution in [0.4, 0.5) is 0 Å². The monoisotopic (exact) mass is 239 g/mol. The summed E-state index contributed by atoms with van der Waals surface area (Å²) < 4.78 is 16.1. The zero-order valence-electron chi connectivity index (χ0n) is 10.6. The smallest absolute Gasteiger partial charge is 0.161 e. The van der Waals surface area contributed by atoms with Gasteiger partial charge in [0.15, 0.2) is 11.5 Å². The molecule has 0 unspecified atom stereocenters. The minimum absolute atomic E-state index is 0.528. The molecule has 1 rings (SSSR count). The van der Waals surface area contributed by atoms with Crippen molar-refractivity contribution >= 4 is 0 Å². The van der Waals surface area contributed by atoms with Crippen molar-refractivity contribution < 1.29 is 14.2 Å². The van der Waals surface area contributed by atoms with Gasteiger partial charge in [-0.1, -0.05) is 6.07 Å². The first kappa shape index (κ1) is 13.8. The summed E-state index contributed by atoms with van der Waals surface area (Å²) in [6.07, 6.45) is 0.843. The minimum Gasteiger partial charge on any atom is -0.493 e. The lowest BCUT2D eigenvalue weighted by molar-refractivity contribution is 0.109. The van der Waals surface area contributed by atoms with Crippen molar-refractivity contribution in [3.05, 3.63) is 23.8 Å². The predicted molar refractivity (Wildman–Crippen MR) is 67.7 cm³/mol. The topological polar surface area (TPSA) is 53.7 Å². The zero-order valence-corrected chi connectivity index (χ0v) is 10.6. The van der Waals surface area contributed by atoms with E-state index in [-0.39, 0.29) is 0 Å². The summed E-state index contributed by atoms with van der Waals surface area (Å²) in [5.41, 5.74) is 6.67. The molecule has 0 heterocycles. The molecule has 4 nitrogen and oxygen atoms in total. The van der Waals surface area contributed by atoms with Crippen LogP contribution in [0.25, 0.3) is 0 Å². The first-order valence-corrected chi connectivity index (χ1v) is 5.89. The van der Waals surface area contributed by atoms with Gasteiger partial charge >= 0.3 is 0 Å². The van der Waals surface area contributed by atoms with Crippen LogP contribution < -0.4 is 15.2 Å². The molecule has 2 N–H and O–H groups in total. The first-order chi connectivity index (χ1) is 8.31. The van der Waals surface area contributed by atoms with E-state index in [1.165, 1.54) is 0 Å². The van der Waals surface area contributed by atoms with Crippen LogP contribution in [0.1, 0.15) is 12.5 Å². The third-order valence-corrected chi connectivity index (χ3v) is 2.35. The highest BCUT2D eigenvalue weighted by molar-refractivity contribution is 5.43. The number of hydrogen-bond donors (Lipinski definition) is 1. The second-order valence-electron chi connectivity index (χ2n) is 3.57. The molecule has 0 atom stereocenters. The lowest BCUT2D eigenvalue weighted by Gasteiger charge is -2.12. The van der Waals surface area contributed by atoms with Gasteiger partial charge in [-0.3, -0.25) is 0 Å². The van der Waals surface area contributed by atoms with Gasteiger partial charge in [0, 0.05) is 6.61 Å². The van der Waals surface area contributed by atoms with Gasteiger partial charge < -0.3 is 19.9 Å². The average molecular weight is 239 g/mol. The van der Waals surface area contributed by atoms with Crippen LogP contribution in [-0.4, -0.2) is 33.5 Å². The van der Waals surface area contributed by atoms with E-state index in [4.69, 9.17) is 19.9 Å². The Bertz CT molecular complexity index is 328. The van der Waals surface area contributed by atoms with Crippen molar-refractivity contribution in [2.45, 2.75) is 13.3 Å². The molecular formula is C13H21NO3. The van der Waals surface area contributed by atoms with Crippen LogP contribution in [0, 0.1) is 0 Å². The van der Waals surface area contributed by atoms with Gasteiger partial charge in [0.1, 0.15) is 6.61 Å². The number of benzene rings is 1. The van der Waals surface area contributed by atoms with Crippen molar-refractivity contribution in [2.24, 2.45) is 5.73 Å². The molecule has 0 fully saturated rings. The molecule has 0 saturated carbocycles. The normalized spacial score (nSPS) is 10.3. The van der Waals surface area contributed by atoms with Crippen LogP contribution in [-0.2, 0) is 11.2 Å². The lowest BCUT2D eigenvalue weighted by atomic mass is 10.1. The summed E-state index contributed by atoms with van der Waals surface area (Å²) in [5, 5.41) is 0. The van der Waals surface area contributed by atoms with Crippen molar-refractivity contribution in [2.75, 3.05) is 33.5 Å². The van der Waals surface area contributed by atoms with Crippen molar-refractivity contribution in [1.29, 1.82) is 0 Å². The molecule has 0 saturated heterocycles.